The van der Waals surface area contributed by atoms with E-state index in [0.29, 0.717) is 13.0 Å². The number of piperidine rings is 1. The van der Waals surface area contributed by atoms with Crippen LogP contribution in [0.1, 0.15) is 37.3 Å². The fraction of sp³-hybridized carbons (Fsp3) is 0.545. The second-order valence-electron chi connectivity index (χ2n) is 8.28. The molecule has 0 radical (unpaired) electrons. The molecule has 0 amide bonds. The van der Waals surface area contributed by atoms with Crippen LogP contribution in [0, 0.1) is 0 Å². The van der Waals surface area contributed by atoms with Crippen molar-refractivity contribution in [2.24, 2.45) is 0 Å². The minimum atomic E-state index is -1.06. The Morgan fingerprint density at radius 3 is 2.40 bits per heavy atom. The molecule has 8 heteroatoms. The minimum Gasteiger partial charge on any atom is -0.483 e. The summed E-state index contributed by atoms with van der Waals surface area (Å²) >= 11 is 0. The monoisotopic (exact) mass is 417 g/mol. The molecule has 164 valence electrons. The maximum absolute atomic E-state index is 10.7. The number of ether oxygens (including phenoxy) is 1. The highest BCUT2D eigenvalue weighted by Crippen LogP contribution is 2.40. The number of rotatable bonds is 4. The van der Waals surface area contributed by atoms with Crippen LogP contribution in [-0.2, 0) is 22.6 Å². The molecule has 2 saturated heterocycles. The molecule has 2 atom stereocenters. The van der Waals surface area contributed by atoms with Crippen molar-refractivity contribution in [2.45, 2.75) is 56.6 Å². The van der Waals surface area contributed by atoms with E-state index in [1.807, 2.05) is 16.9 Å². The van der Waals surface area contributed by atoms with Crippen LogP contribution in [0.25, 0.3) is 0 Å². The Kier molecular flexibility index (Phi) is 7.25. The molecule has 8 nitrogen and oxygen atoms in total. The van der Waals surface area contributed by atoms with E-state index >= 15 is 0 Å². The fourth-order valence-electron chi connectivity index (χ4n) is 4.43. The number of nitrogens with zero attached hydrogens (tertiary/aromatic N) is 3. The van der Waals surface area contributed by atoms with Gasteiger partial charge in [0.05, 0.1) is 24.4 Å². The molecule has 3 N–H and O–H groups in total. The normalized spacial score (nSPS) is 26.0. The van der Waals surface area contributed by atoms with Gasteiger partial charge in [-0.2, -0.15) is 5.10 Å². The zero-order chi connectivity index (χ0) is 21.6. The van der Waals surface area contributed by atoms with Gasteiger partial charge in [0.15, 0.2) is 0 Å². The first-order valence-corrected chi connectivity index (χ1v) is 10.3. The van der Waals surface area contributed by atoms with E-state index < -0.39 is 17.3 Å². The van der Waals surface area contributed by atoms with E-state index in [1.165, 1.54) is 11.1 Å². The quantitative estimate of drug-likeness (QED) is 0.647. The third-order valence-corrected chi connectivity index (χ3v) is 6.19. The molecule has 2 aromatic rings. The number of carbonyl (C=O) groups is 1. The second-order valence-corrected chi connectivity index (χ2v) is 8.28. The van der Waals surface area contributed by atoms with Crippen molar-refractivity contribution in [2.75, 3.05) is 19.7 Å². The lowest BCUT2D eigenvalue weighted by molar-refractivity contribution is -0.246. The van der Waals surface area contributed by atoms with Gasteiger partial charge in [-0.3, -0.25) is 14.4 Å². The van der Waals surface area contributed by atoms with E-state index in [9.17, 15) is 10.2 Å². The zero-order valence-corrected chi connectivity index (χ0v) is 17.4. The Hall–Kier alpha value is -2.26. The summed E-state index contributed by atoms with van der Waals surface area (Å²) in [5, 5.41) is 32.3. The fourth-order valence-corrected chi connectivity index (χ4v) is 4.43. The number of hydrogen-bond donors (Lipinski definition) is 3. The lowest BCUT2D eigenvalue weighted by Gasteiger charge is -2.51. The van der Waals surface area contributed by atoms with Gasteiger partial charge >= 0.3 is 0 Å². The molecule has 1 spiro atoms. The molecule has 2 aliphatic rings. The molecule has 0 unspecified atom stereocenters. The maximum atomic E-state index is 10.7. The van der Waals surface area contributed by atoms with Gasteiger partial charge in [-0.05, 0) is 37.0 Å². The summed E-state index contributed by atoms with van der Waals surface area (Å²) in [4.78, 5) is 10.8. The van der Waals surface area contributed by atoms with Gasteiger partial charge in [0.2, 0.25) is 0 Å². The van der Waals surface area contributed by atoms with Gasteiger partial charge < -0.3 is 20.1 Å². The summed E-state index contributed by atoms with van der Waals surface area (Å²) in [5.41, 5.74) is 0.920. The zero-order valence-electron chi connectivity index (χ0n) is 17.4. The molecule has 30 heavy (non-hydrogen) atoms. The Morgan fingerprint density at radius 2 is 1.80 bits per heavy atom. The van der Waals surface area contributed by atoms with Crippen molar-refractivity contribution in [3.05, 3.63) is 53.9 Å². The molecule has 0 saturated carbocycles. The number of aliphatic hydroxyl groups excluding tert-OH is 1. The van der Waals surface area contributed by atoms with Crippen molar-refractivity contribution in [1.82, 2.24) is 14.7 Å². The van der Waals surface area contributed by atoms with E-state index in [4.69, 9.17) is 14.6 Å². The Bertz CT molecular complexity index is 801. The first-order chi connectivity index (χ1) is 14.4. The van der Waals surface area contributed by atoms with E-state index in [2.05, 4.69) is 34.3 Å². The van der Waals surface area contributed by atoms with Crippen LogP contribution >= 0.6 is 0 Å². The molecule has 2 aliphatic heterocycles. The predicted octanol–water partition coefficient (Wildman–Crippen LogP) is 1.50. The Morgan fingerprint density at radius 1 is 1.17 bits per heavy atom. The molecular formula is C22H31N3O5. The topological polar surface area (TPSA) is 108 Å². The van der Waals surface area contributed by atoms with Crippen molar-refractivity contribution in [3.8, 4) is 0 Å². The Balaban J connectivity index is 0.000000806. The van der Waals surface area contributed by atoms with Crippen LogP contribution in [0.5, 0.6) is 0 Å². The van der Waals surface area contributed by atoms with Crippen molar-refractivity contribution >= 4 is 6.47 Å². The van der Waals surface area contributed by atoms with Gasteiger partial charge in [0, 0.05) is 38.4 Å². The number of aliphatic hydroxyl groups is 2. The minimum absolute atomic E-state index is 0.250. The highest BCUT2D eigenvalue weighted by atomic mass is 16.5. The molecule has 3 heterocycles. The van der Waals surface area contributed by atoms with E-state index in [-0.39, 0.29) is 6.47 Å². The first-order valence-electron chi connectivity index (χ1n) is 10.3. The number of benzene rings is 1. The summed E-state index contributed by atoms with van der Waals surface area (Å²) in [6.07, 6.45) is 4.93. The second kappa shape index (κ2) is 9.70. The third kappa shape index (κ3) is 5.07. The number of likely N-dealkylation sites (tertiary alicyclic amines) is 1. The average molecular weight is 418 g/mol. The lowest BCUT2D eigenvalue weighted by Crippen LogP contribution is -2.64. The van der Waals surface area contributed by atoms with Crippen LogP contribution < -0.4 is 0 Å². The van der Waals surface area contributed by atoms with Gasteiger partial charge in [0.1, 0.15) is 6.10 Å². The van der Waals surface area contributed by atoms with Crippen molar-refractivity contribution in [3.63, 3.8) is 0 Å². The summed E-state index contributed by atoms with van der Waals surface area (Å²) < 4.78 is 7.94. The average Bonchev–Trinajstić information content (AvgIpc) is 3.23. The SMILES string of the molecule is C[C@@]1(O)CCOC2(CCN(Cc3ccccc3Cn3cccn3)CC2)[C@H]1O.O=CO. The number of carboxylic acid groups (broad SMARTS) is 1. The van der Waals surface area contributed by atoms with Crippen molar-refractivity contribution < 1.29 is 24.9 Å². The summed E-state index contributed by atoms with van der Waals surface area (Å²) in [7, 11) is 0. The van der Waals surface area contributed by atoms with Crippen LogP contribution in [0.15, 0.2) is 42.7 Å². The van der Waals surface area contributed by atoms with Crippen LogP contribution in [0.4, 0.5) is 0 Å². The lowest BCUT2D eigenvalue weighted by atomic mass is 9.75. The molecule has 0 aliphatic carbocycles. The molecular weight excluding hydrogens is 386 g/mol. The Labute approximate surface area is 176 Å². The third-order valence-electron chi connectivity index (χ3n) is 6.19. The summed E-state index contributed by atoms with van der Waals surface area (Å²) in [6, 6.07) is 10.4. The summed E-state index contributed by atoms with van der Waals surface area (Å²) in [5.74, 6) is 0. The van der Waals surface area contributed by atoms with E-state index in [1.54, 1.807) is 13.1 Å². The predicted molar refractivity (Wildman–Crippen MR) is 111 cm³/mol. The smallest absolute Gasteiger partial charge is 0.290 e. The standard InChI is InChI=1S/C21H29N3O3.CH2O2/c1-20(26)9-14-27-21(19(20)25)7-12-23(13-8-21)15-17-5-2-3-6-18(17)16-24-11-4-10-22-24;2-1-3/h2-6,10-11,19,25-26H,7-9,12-16H2,1H3;1H,(H,2,3)/t19-,20+;/m0./s1. The highest BCUT2D eigenvalue weighted by molar-refractivity contribution is 5.32. The number of aromatic nitrogens is 2. The summed E-state index contributed by atoms with van der Waals surface area (Å²) in [6.45, 7) is 5.33. The van der Waals surface area contributed by atoms with Crippen LogP contribution in [0.2, 0.25) is 0 Å². The molecule has 1 aromatic carbocycles. The molecule has 4 rings (SSSR count). The van der Waals surface area contributed by atoms with Gasteiger partial charge in [-0.1, -0.05) is 24.3 Å². The van der Waals surface area contributed by atoms with Crippen molar-refractivity contribution in [1.29, 1.82) is 0 Å². The van der Waals surface area contributed by atoms with Crippen LogP contribution in [-0.4, -0.2) is 73.5 Å². The van der Waals surface area contributed by atoms with Gasteiger partial charge in [-0.25, -0.2) is 0 Å². The van der Waals surface area contributed by atoms with Crippen LogP contribution in [0.3, 0.4) is 0 Å². The maximum Gasteiger partial charge on any atom is 0.290 e. The van der Waals surface area contributed by atoms with Gasteiger partial charge in [-0.15, -0.1) is 0 Å². The van der Waals surface area contributed by atoms with Gasteiger partial charge in [0.25, 0.3) is 6.47 Å². The largest absolute Gasteiger partial charge is 0.483 e. The first kappa shape index (κ1) is 22.4. The molecule has 1 aromatic heterocycles. The van der Waals surface area contributed by atoms with E-state index in [0.717, 1.165) is 39.0 Å². The highest BCUT2D eigenvalue weighted by Gasteiger charge is 2.52. The number of hydrogen-bond acceptors (Lipinski definition) is 6. The molecule has 0 bridgehead atoms. The molecule has 2 fully saturated rings.